The van der Waals surface area contributed by atoms with Crippen molar-refractivity contribution < 1.29 is 4.79 Å². The Morgan fingerprint density at radius 2 is 1.89 bits per heavy atom. The molecule has 0 aliphatic carbocycles. The van der Waals surface area contributed by atoms with Crippen molar-refractivity contribution in [2.75, 3.05) is 11.9 Å². The quantitative estimate of drug-likeness (QED) is 0.554. The van der Waals surface area contributed by atoms with Crippen LogP contribution in [-0.2, 0) is 0 Å². The van der Waals surface area contributed by atoms with E-state index in [0.717, 1.165) is 17.0 Å². The van der Waals surface area contributed by atoms with Gasteiger partial charge in [0.1, 0.15) is 5.69 Å². The second-order valence-electron chi connectivity index (χ2n) is 6.35. The molecule has 136 valence electrons. The minimum atomic E-state index is -0.253. The van der Waals surface area contributed by atoms with Crippen LogP contribution in [0.3, 0.4) is 0 Å². The normalized spacial score (nSPS) is 10.6. The SMILES string of the molecule is Cc1cc(-c2cnc3cnc(C(=O)N(C)c4ccc(C#N)cc4)cn23)ccn1. The first-order chi connectivity index (χ1) is 13.6. The lowest BCUT2D eigenvalue weighted by Crippen LogP contribution is -2.27. The van der Waals surface area contributed by atoms with Crippen molar-refractivity contribution in [3.05, 3.63) is 78.1 Å². The second-order valence-corrected chi connectivity index (χ2v) is 6.35. The van der Waals surface area contributed by atoms with Crippen LogP contribution in [0, 0.1) is 18.3 Å². The van der Waals surface area contributed by atoms with E-state index in [4.69, 9.17) is 5.26 Å². The molecule has 0 fully saturated rings. The fraction of sp³-hybridized carbons (Fsp3) is 0.0952. The molecule has 4 rings (SSSR count). The molecule has 0 saturated carbocycles. The van der Waals surface area contributed by atoms with Crippen LogP contribution in [0.25, 0.3) is 16.9 Å². The number of aromatic nitrogens is 4. The molecular formula is C21H16N6O. The summed E-state index contributed by atoms with van der Waals surface area (Å²) in [5.41, 5.74) is 4.90. The minimum Gasteiger partial charge on any atom is -0.310 e. The van der Waals surface area contributed by atoms with Crippen LogP contribution in [-0.4, -0.2) is 32.3 Å². The fourth-order valence-electron chi connectivity index (χ4n) is 2.97. The molecule has 1 aromatic carbocycles. The van der Waals surface area contributed by atoms with E-state index in [9.17, 15) is 4.79 Å². The highest BCUT2D eigenvalue weighted by Crippen LogP contribution is 2.22. The number of pyridine rings is 1. The van der Waals surface area contributed by atoms with Crippen LogP contribution in [0.15, 0.2) is 61.2 Å². The Hall–Kier alpha value is -4.05. The summed E-state index contributed by atoms with van der Waals surface area (Å²) >= 11 is 0. The first-order valence-corrected chi connectivity index (χ1v) is 8.61. The summed E-state index contributed by atoms with van der Waals surface area (Å²) in [6.45, 7) is 1.93. The number of hydrogen-bond donors (Lipinski definition) is 0. The number of nitrogens with zero attached hydrogens (tertiary/aromatic N) is 6. The summed E-state index contributed by atoms with van der Waals surface area (Å²) in [4.78, 5) is 27.3. The Morgan fingerprint density at radius 3 is 2.61 bits per heavy atom. The third kappa shape index (κ3) is 3.08. The molecule has 0 aliphatic rings. The molecule has 7 nitrogen and oxygen atoms in total. The van der Waals surface area contributed by atoms with E-state index in [1.807, 2.05) is 23.5 Å². The summed E-state index contributed by atoms with van der Waals surface area (Å²) in [6.07, 6.45) is 6.77. The van der Waals surface area contributed by atoms with Crippen molar-refractivity contribution in [1.29, 1.82) is 5.26 Å². The van der Waals surface area contributed by atoms with Gasteiger partial charge in [-0.25, -0.2) is 9.97 Å². The third-order valence-corrected chi connectivity index (χ3v) is 4.50. The maximum atomic E-state index is 12.9. The van der Waals surface area contributed by atoms with E-state index in [2.05, 4.69) is 21.0 Å². The maximum absolute atomic E-state index is 12.9. The number of rotatable bonds is 3. The molecule has 1 amide bonds. The van der Waals surface area contributed by atoms with Gasteiger partial charge in [-0.3, -0.25) is 14.2 Å². The summed E-state index contributed by atoms with van der Waals surface area (Å²) in [7, 11) is 1.68. The van der Waals surface area contributed by atoms with Crippen LogP contribution in [0.2, 0.25) is 0 Å². The molecule has 0 N–H and O–H groups in total. The molecule has 3 heterocycles. The first-order valence-electron chi connectivity index (χ1n) is 8.61. The predicted octanol–water partition coefficient (Wildman–Crippen LogP) is 3.25. The van der Waals surface area contributed by atoms with E-state index in [0.29, 0.717) is 22.6 Å². The molecule has 7 heteroatoms. The topological polar surface area (TPSA) is 87.2 Å². The van der Waals surface area contributed by atoms with Gasteiger partial charge < -0.3 is 4.90 Å². The average Bonchev–Trinajstić information content (AvgIpc) is 3.16. The number of benzene rings is 1. The van der Waals surface area contributed by atoms with Gasteiger partial charge in [-0.15, -0.1) is 0 Å². The number of anilines is 1. The maximum Gasteiger partial charge on any atom is 0.278 e. The monoisotopic (exact) mass is 368 g/mol. The van der Waals surface area contributed by atoms with Crippen molar-refractivity contribution in [1.82, 2.24) is 19.4 Å². The number of fused-ring (bicyclic) bond motifs is 1. The average molecular weight is 368 g/mol. The van der Waals surface area contributed by atoms with Gasteiger partial charge >= 0.3 is 0 Å². The van der Waals surface area contributed by atoms with Gasteiger partial charge in [0, 0.05) is 36.4 Å². The minimum absolute atomic E-state index is 0.253. The summed E-state index contributed by atoms with van der Waals surface area (Å²) < 4.78 is 1.85. The Balaban J connectivity index is 1.71. The number of hydrogen-bond acceptors (Lipinski definition) is 5. The van der Waals surface area contributed by atoms with Crippen molar-refractivity contribution in [2.24, 2.45) is 0 Å². The number of imidazole rings is 1. The molecule has 0 radical (unpaired) electrons. The zero-order chi connectivity index (χ0) is 19.7. The first kappa shape index (κ1) is 17.4. The Kier molecular flexibility index (Phi) is 4.30. The van der Waals surface area contributed by atoms with E-state index in [-0.39, 0.29) is 5.91 Å². The lowest BCUT2D eigenvalue weighted by molar-refractivity contribution is 0.0988. The number of nitriles is 1. The van der Waals surface area contributed by atoms with Crippen molar-refractivity contribution in [3.63, 3.8) is 0 Å². The predicted molar refractivity (Wildman–Crippen MR) is 105 cm³/mol. The third-order valence-electron chi connectivity index (χ3n) is 4.50. The molecule has 28 heavy (non-hydrogen) atoms. The van der Waals surface area contributed by atoms with E-state index in [1.54, 1.807) is 56.1 Å². The highest BCUT2D eigenvalue weighted by molar-refractivity contribution is 6.04. The molecule has 4 aromatic rings. The molecule has 0 unspecified atom stereocenters. The summed E-state index contributed by atoms with van der Waals surface area (Å²) in [5, 5.41) is 8.92. The Bertz CT molecular complexity index is 1220. The van der Waals surface area contributed by atoms with Gasteiger partial charge in [0.2, 0.25) is 0 Å². The van der Waals surface area contributed by atoms with Gasteiger partial charge in [-0.1, -0.05) is 0 Å². The molecule has 0 spiro atoms. The molecule has 0 atom stereocenters. The Labute approximate surface area is 161 Å². The van der Waals surface area contributed by atoms with Crippen LogP contribution in [0.4, 0.5) is 5.69 Å². The van der Waals surface area contributed by atoms with Crippen LogP contribution in [0.1, 0.15) is 21.7 Å². The summed E-state index contributed by atoms with van der Waals surface area (Å²) in [5.74, 6) is -0.253. The smallest absolute Gasteiger partial charge is 0.278 e. The summed E-state index contributed by atoms with van der Waals surface area (Å²) in [6, 6.07) is 12.8. The number of aryl methyl sites for hydroxylation is 1. The van der Waals surface area contributed by atoms with E-state index in [1.165, 1.54) is 4.90 Å². The van der Waals surface area contributed by atoms with Gasteiger partial charge in [-0.2, -0.15) is 5.26 Å². The van der Waals surface area contributed by atoms with Crippen LogP contribution >= 0.6 is 0 Å². The fourth-order valence-corrected chi connectivity index (χ4v) is 2.97. The molecule has 0 bridgehead atoms. The molecule has 3 aromatic heterocycles. The highest BCUT2D eigenvalue weighted by Gasteiger charge is 2.17. The van der Waals surface area contributed by atoms with Crippen molar-refractivity contribution in [2.45, 2.75) is 6.92 Å². The van der Waals surface area contributed by atoms with Gasteiger partial charge in [0.25, 0.3) is 5.91 Å². The van der Waals surface area contributed by atoms with Crippen LogP contribution < -0.4 is 4.90 Å². The lowest BCUT2D eigenvalue weighted by atomic mass is 10.2. The standard InChI is InChI=1S/C21H16N6O/c1-14-9-16(7-8-23-14)19-11-25-20-12-24-18(13-27(19)20)21(28)26(2)17-5-3-15(10-22)4-6-17/h3-9,11-13H,1-2H3. The number of carbonyl (C=O) groups is 1. The van der Waals surface area contributed by atoms with E-state index < -0.39 is 0 Å². The lowest BCUT2D eigenvalue weighted by Gasteiger charge is -2.17. The van der Waals surface area contributed by atoms with E-state index >= 15 is 0 Å². The van der Waals surface area contributed by atoms with Crippen LogP contribution in [0.5, 0.6) is 0 Å². The number of carbonyl (C=O) groups excluding carboxylic acids is 1. The largest absolute Gasteiger partial charge is 0.310 e. The number of amides is 1. The molecule has 0 saturated heterocycles. The molecule has 0 aliphatic heterocycles. The van der Waals surface area contributed by atoms with Gasteiger partial charge in [0.15, 0.2) is 5.65 Å². The second kappa shape index (κ2) is 6.93. The van der Waals surface area contributed by atoms with Gasteiger partial charge in [0.05, 0.1) is 29.7 Å². The Morgan fingerprint density at radius 1 is 1.11 bits per heavy atom. The zero-order valence-electron chi connectivity index (χ0n) is 15.4. The van der Waals surface area contributed by atoms with Crippen molar-refractivity contribution >= 4 is 17.2 Å². The molecular weight excluding hydrogens is 352 g/mol. The zero-order valence-corrected chi connectivity index (χ0v) is 15.4. The van der Waals surface area contributed by atoms with Gasteiger partial charge in [-0.05, 0) is 43.3 Å². The highest BCUT2D eigenvalue weighted by atomic mass is 16.2. The van der Waals surface area contributed by atoms with Crippen molar-refractivity contribution in [3.8, 4) is 17.3 Å².